The molecule has 0 fully saturated rings. The Hall–Kier alpha value is -2.47. The molecule has 5 nitrogen and oxygen atoms in total. The van der Waals surface area contributed by atoms with Crippen molar-refractivity contribution in [1.82, 2.24) is 20.1 Å². The highest BCUT2D eigenvalue weighted by atomic mass is 79.9. The average Bonchev–Trinajstić information content (AvgIpc) is 3.07. The Bertz CT molecular complexity index is 846. The molecule has 0 aliphatic rings. The van der Waals surface area contributed by atoms with Gasteiger partial charge < -0.3 is 5.32 Å². The zero-order chi connectivity index (χ0) is 16.9. The van der Waals surface area contributed by atoms with E-state index in [-0.39, 0.29) is 5.91 Å². The van der Waals surface area contributed by atoms with Gasteiger partial charge in [0, 0.05) is 16.6 Å². The third kappa shape index (κ3) is 3.89. The van der Waals surface area contributed by atoms with Gasteiger partial charge >= 0.3 is 0 Å². The largest absolute Gasteiger partial charge is 0.348 e. The van der Waals surface area contributed by atoms with E-state index >= 15 is 0 Å². The van der Waals surface area contributed by atoms with E-state index in [2.05, 4.69) is 31.3 Å². The van der Waals surface area contributed by atoms with Crippen molar-refractivity contribution in [3.05, 3.63) is 81.8 Å². The Labute approximate surface area is 148 Å². The van der Waals surface area contributed by atoms with Gasteiger partial charge in [0.15, 0.2) is 0 Å². The molecule has 0 atom stereocenters. The molecule has 0 saturated carbocycles. The summed E-state index contributed by atoms with van der Waals surface area (Å²) >= 11 is 3.41. The van der Waals surface area contributed by atoms with Gasteiger partial charge in [0.2, 0.25) is 0 Å². The Kier molecular flexibility index (Phi) is 5.05. The zero-order valence-electron chi connectivity index (χ0n) is 13.2. The molecule has 3 aromatic rings. The van der Waals surface area contributed by atoms with Crippen LogP contribution in [0.3, 0.4) is 0 Å². The lowest BCUT2D eigenvalue weighted by molar-refractivity contribution is 0.0950. The van der Waals surface area contributed by atoms with Gasteiger partial charge in [-0.1, -0.05) is 40.2 Å². The number of hydrogen-bond donors (Lipinski definition) is 1. The van der Waals surface area contributed by atoms with Crippen LogP contribution >= 0.6 is 15.9 Å². The van der Waals surface area contributed by atoms with Crippen molar-refractivity contribution < 1.29 is 4.79 Å². The molecule has 1 aromatic heterocycles. The maximum absolute atomic E-state index is 12.4. The second-order valence-electron chi connectivity index (χ2n) is 5.50. The number of nitrogens with one attached hydrogen (secondary N) is 1. The molecule has 0 unspecified atom stereocenters. The summed E-state index contributed by atoms with van der Waals surface area (Å²) in [5, 5.41) is 7.13. The molecule has 0 aliphatic heterocycles. The number of aryl methyl sites for hydroxylation is 1. The van der Waals surface area contributed by atoms with E-state index < -0.39 is 0 Å². The number of halogens is 1. The monoisotopic (exact) mass is 384 g/mol. The fourth-order valence-corrected chi connectivity index (χ4v) is 3.00. The minimum absolute atomic E-state index is 0.0736. The van der Waals surface area contributed by atoms with Crippen molar-refractivity contribution in [2.45, 2.75) is 20.0 Å². The first kappa shape index (κ1) is 16.4. The molecule has 0 saturated heterocycles. The molecule has 6 heteroatoms. The first-order valence-electron chi connectivity index (χ1n) is 7.57. The topological polar surface area (TPSA) is 59.8 Å². The van der Waals surface area contributed by atoms with Gasteiger partial charge in [-0.2, -0.15) is 5.10 Å². The Morgan fingerprint density at radius 2 is 2.00 bits per heavy atom. The van der Waals surface area contributed by atoms with Gasteiger partial charge in [0.05, 0.1) is 6.54 Å². The van der Waals surface area contributed by atoms with Crippen LogP contribution in [0.4, 0.5) is 0 Å². The van der Waals surface area contributed by atoms with Crippen LogP contribution in [0.5, 0.6) is 0 Å². The van der Waals surface area contributed by atoms with E-state index in [4.69, 9.17) is 0 Å². The quantitative estimate of drug-likeness (QED) is 0.733. The number of amides is 1. The third-order valence-electron chi connectivity index (χ3n) is 3.79. The molecular weight excluding hydrogens is 368 g/mol. The smallest absolute Gasteiger partial charge is 0.251 e. The minimum Gasteiger partial charge on any atom is -0.348 e. The van der Waals surface area contributed by atoms with Crippen LogP contribution in [0.2, 0.25) is 0 Å². The summed E-state index contributed by atoms with van der Waals surface area (Å²) in [6, 6.07) is 13.6. The summed E-state index contributed by atoms with van der Waals surface area (Å²) in [6.45, 7) is 3.03. The number of rotatable bonds is 5. The molecule has 0 radical (unpaired) electrons. The number of benzene rings is 2. The first-order valence-corrected chi connectivity index (χ1v) is 8.36. The van der Waals surface area contributed by atoms with Crippen molar-refractivity contribution in [1.29, 1.82) is 0 Å². The molecule has 0 aliphatic carbocycles. The number of aromatic nitrogens is 3. The molecule has 2 aromatic carbocycles. The van der Waals surface area contributed by atoms with Crippen molar-refractivity contribution in [2.24, 2.45) is 0 Å². The number of hydrogen-bond acceptors (Lipinski definition) is 3. The molecule has 1 N–H and O–H groups in total. The molecule has 122 valence electrons. The summed E-state index contributed by atoms with van der Waals surface area (Å²) in [5.74, 6) is -0.0736. The van der Waals surface area contributed by atoms with Crippen LogP contribution in [0, 0.1) is 6.92 Å². The van der Waals surface area contributed by atoms with Gasteiger partial charge in [-0.05, 0) is 41.8 Å². The lowest BCUT2D eigenvalue weighted by Crippen LogP contribution is -2.24. The molecule has 1 amide bonds. The SMILES string of the molecule is Cc1cc(Br)ccc1C(=O)NCc1ccccc1Cn1cncn1. The Morgan fingerprint density at radius 1 is 1.21 bits per heavy atom. The zero-order valence-corrected chi connectivity index (χ0v) is 14.8. The van der Waals surface area contributed by atoms with E-state index in [9.17, 15) is 4.79 Å². The predicted octanol–water partition coefficient (Wildman–Crippen LogP) is 3.33. The summed E-state index contributed by atoms with van der Waals surface area (Å²) in [4.78, 5) is 16.4. The fraction of sp³-hybridized carbons (Fsp3) is 0.167. The van der Waals surface area contributed by atoms with Gasteiger partial charge in [-0.25, -0.2) is 9.67 Å². The average molecular weight is 385 g/mol. The molecule has 3 rings (SSSR count). The van der Waals surface area contributed by atoms with E-state index in [1.165, 1.54) is 6.33 Å². The lowest BCUT2D eigenvalue weighted by atomic mass is 10.1. The number of nitrogens with zero attached hydrogens (tertiary/aromatic N) is 3. The van der Waals surface area contributed by atoms with Crippen molar-refractivity contribution in [3.63, 3.8) is 0 Å². The van der Waals surface area contributed by atoms with Crippen LogP contribution in [0.25, 0.3) is 0 Å². The van der Waals surface area contributed by atoms with Crippen LogP contribution in [0.1, 0.15) is 27.0 Å². The van der Waals surface area contributed by atoms with E-state index in [0.717, 1.165) is 21.2 Å². The van der Waals surface area contributed by atoms with Crippen LogP contribution in [0.15, 0.2) is 59.6 Å². The molecular formula is C18H17BrN4O. The fourth-order valence-electron chi connectivity index (χ4n) is 2.53. The minimum atomic E-state index is -0.0736. The Morgan fingerprint density at radius 3 is 2.71 bits per heavy atom. The van der Waals surface area contributed by atoms with E-state index in [1.54, 1.807) is 11.0 Å². The van der Waals surface area contributed by atoms with Crippen molar-refractivity contribution in [2.75, 3.05) is 0 Å². The van der Waals surface area contributed by atoms with E-state index in [0.29, 0.717) is 18.7 Å². The van der Waals surface area contributed by atoms with Crippen LogP contribution < -0.4 is 5.32 Å². The second-order valence-corrected chi connectivity index (χ2v) is 6.42. The molecule has 0 bridgehead atoms. The van der Waals surface area contributed by atoms with Gasteiger partial charge in [0.25, 0.3) is 5.91 Å². The highest BCUT2D eigenvalue weighted by Crippen LogP contribution is 2.16. The highest BCUT2D eigenvalue weighted by Gasteiger charge is 2.10. The molecule has 1 heterocycles. The number of carbonyl (C=O) groups is 1. The molecule has 24 heavy (non-hydrogen) atoms. The standard InChI is InChI=1S/C18H17BrN4O/c1-13-8-16(19)6-7-17(13)18(24)21-9-14-4-2-3-5-15(14)10-23-12-20-11-22-23/h2-8,11-12H,9-10H2,1H3,(H,21,24). The first-order chi connectivity index (χ1) is 11.6. The number of carbonyl (C=O) groups excluding carboxylic acids is 1. The maximum Gasteiger partial charge on any atom is 0.251 e. The van der Waals surface area contributed by atoms with E-state index in [1.807, 2.05) is 49.4 Å². The second kappa shape index (κ2) is 7.40. The van der Waals surface area contributed by atoms with Crippen LogP contribution in [-0.2, 0) is 13.1 Å². The Balaban J connectivity index is 1.71. The van der Waals surface area contributed by atoms with Gasteiger partial charge in [0.1, 0.15) is 12.7 Å². The summed E-state index contributed by atoms with van der Waals surface area (Å²) in [7, 11) is 0. The summed E-state index contributed by atoms with van der Waals surface area (Å²) in [6.07, 6.45) is 3.20. The third-order valence-corrected chi connectivity index (χ3v) is 4.28. The van der Waals surface area contributed by atoms with Gasteiger partial charge in [-0.3, -0.25) is 4.79 Å². The maximum atomic E-state index is 12.4. The normalized spacial score (nSPS) is 10.6. The summed E-state index contributed by atoms with van der Waals surface area (Å²) in [5.41, 5.74) is 3.80. The predicted molar refractivity (Wildman–Crippen MR) is 95.6 cm³/mol. The highest BCUT2D eigenvalue weighted by molar-refractivity contribution is 9.10. The van der Waals surface area contributed by atoms with Crippen molar-refractivity contribution in [3.8, 4) is 0 Å². The summed E-state index contributed by atoms with van der Waals surface area (Å²) < 4.78 is 2.73. The lowest BCUT2D eigenvalue weighted by Gasteiger charge is -2.12. The molecule has 0 spiro atoms. The van der Waals surface area contributed by atoms with Crippen molar-refractivity contribution >= 4 is 21.8 Å². The van der Waals surface area contributed by atoms with Crippen LogP contribution in [-0.4, -0.2) is 20.7 Å². The van der Waals surface area contributed by atoms with Gasteiger partial charge in [-0.15, -0.1) is 0 Å².